The van der Waals surface area contributed by atoms with Gasteiger partial charge in [-0.2, -0.15) is 0 Å². The third kappa shape index (κ3) is 6.58. The second kappa shape index (κ2) is 10.2. The highest BCUT2D eigenvalue weighted by Gasteiger charge is 2.07. The number of thioether (sulfide) groups is 1. The number of methoxy groups -OCH3 is 1. The summed E-state index contributed by atoms with van der Waals surface area (Å²) in [4.78, 5) is 5.34. The lowest BCUT2D eigenvalue weighted by Crippen LogP contribution is -2.39. The van der Waals surface area contributed by atoms with Crippen LogP contribution >= 0.6 is 11.8 Å². The van der Waals surface area contributed by atoms with Crippen LogP contribution in [0.5, 0.6) is 5.75 Å². The molecule has 0 amide bonds. The van der Waals surface area contributed by atoms with E-state index in [1.54, 1.807) is 14.2 Å². The van der Waals surface area contributed by atoms with Crippen molar-refractivity contribution < 1.29 is 4.74 Å². The quantitative estimate of drug-likeness (QED) is 0.335. The number of nitrogens with zero attached hydrogens (tertiary/aromatic N) is 1. The first-order chi connectivity index (χ1) is 10.2. The summed E-state index contributed by atoms with van der Waals surface area (Å²) in [6.07, 6.45) is 1.81. The Kier molecular flexibility index (Phi) is 8.43. The van der Waals surface area contributed by atoms with E-state index in [0.717, 1.165) is 24.0 Å². The van der Waals surface area contributed by atoms with E-state index >= 15 is 0 Å². The average Bonchev–Trinajstić information content (AvgIpc) is 2.53. The first-order valence-corrected chi connectivity index (χ1v) is 8.01. The molecule has 0 heterocycles. The van der Waals surface area contributed by atoms with Crippen molar-refractivity contribution >= 4 is 17.7 Å². The van der Waals surface area contributed by atoms with Gasteiger partial charge >= 0.3 is 0 Å². The summed E-state index contributed by atoms with van der Waals surface area (Å²) >= 11 is 1.82. The Morgan fingerprint density at radius 1 is 1.43 bits per heavy atom. The minimum absolute atomic E-state index is 0.516. The number of para-hydroxylation sites is 1. The fourth-order valence-electron chi connectivity index (χ4n) is 1.69. The molecule has 0 saturated heterocycles. The fourth-order valence-corrected chi connectivity index (χ4v) is 2.74. The molecule has 21 heavy (non-hydrogen) atoms. The Morgan fingerprint density at radius 2 is 2.19 bits per heavy atom. The average molecular weight is 307 g/mol. The van der Waals surface area contributed by atoms with Crippen molar-refractivity contribution in [2.75, 3.05) is 33.0 Å². The van der Waals surface area contributed by atoms with Gasteiger partial charge in [0.05, 0.1) is 7.11 Å². The Labute approximate surface area is 132 Å². The van der Waals surface area contributed by atoms with E-state index in [4.69, 9.17) is 4.74 Å². The molecule has 0 aliphatic carbocycles. The summed E-state index contributed by atoms with van der Waals surface area (Å²) in [5.74, 6) is 3.28. The van der Waals surface area contributed by atoms with Crippen molar-refractivity contribution in [3.05, 3.63) is 36.9 Å². The van der Waals surface area contributed by atoms with Crippen LogP contribution in [0.2, 0.25) is 0 Å². The Hall–Kier alpha value is -1.62. The molecule has 0 bridgehead atoms. The van der Waals surface area contributed by atoms with E-state index < -0.39 is 0 Å². The first kappa shape index (κ1) is 17.4. The van der Waals surface area contributed by atoms with Crippen LogP contribution in [0, 0.1) is 5.92 Å². The van der Waals surface area contributed by atoms with Gasteiger partial charge in [0.1, 0.15) is 5.75 Å². The number of benzene rings is 1. The molecule has 2 N–H and O–H groups in total. The fraction of sp³-hybridized carbons (Fsp3) is 0.438. The van der Waals surface area contributed by atoms with E-state index in [0.29, 0.717) is 12.5 Å². The van der Waals surface area contributed by atoms with Gasteiger partial charge in [0.25, 0.3) is 0 Å². The predicted octanol–water partition coefficient (Wildman–Crippen LogP) is 2.77. The molecule has 1 unspecified atom stereocenters. The topological polar surface area (TPSA) is 45.7 Å². The standard InChI is InChI=1S/C16H25N3OS/c1-5-10-18-16(17-3)19-11-13(2)12-21-15-9-7-6-8-14(15)20-4/h5-9,13H,1,10-12H2,2-4H3,(H2,17,18,19). The molecule has 0 aliphatic heterocycles. The van der Waals surface area contributed by atoms with Crippen LogP contribution in [0.15, 0.2) is 46.8 Å². The molecular formula is C16H25N3OS. The van der Waals surface area contributed by atoms with E-state index in [1.807, 2.05) is 36.0 Å². The highest BCUT2D eigenvalue weighted by atomic mass is 32.2. The highest BCUT2D eigenvalue weighted by Crippen LogP contribution is 2.29. The van der Waals surface area contributed by atoms with Crippen LogP contribution in [0.4, 0.5) is 0 Å². The minimum Gasteiger partial charge on any atom is -0.496 e. The van der Waals surface area contributed by atoms with Gasteiger partial charge in [-0.3, -0.25) is 4.99 Å². The molecule has 0 radical (unpaired) electrons. The molecule has 0 aromatic heterocycles. The highest BCUT2D eigenvalue weighted by molar-refractivity contribution is 7.99. The molecule has 1 atom stereocenters. The summed E-state index contributed by atoms with van der Waals surface area (Å²) in [5, 5.41) is 6.48. The monoisotopic (exact) mass is 307 g/mol. The number of rotatable bonds is 8. The second-order valence-corrected chi connectivity index (χ2v) is 5.75. The zero-order chi connectivity index (χ0) is 15.5. The molecule has 0 aliphatic rings. The van der Waals surface area contributed by atoms with Gasteiger partial charge in [-0.1, -0.05) is 25.1 Å². The van der Waals surface area contributed by atoms with E-state index in [-0.39, 0.29) is 0 Å². The van der Waals surface area contributed by atoms with Crippen LogP contribution in [-0.2, 0) is 0 Å². The minimum atomic E-state index is 0.516. The molecule has 5 heteroatoms. The maximum atomic E-state index is 5.36. The SMILES string of the molecule is C=CCNC(=NC)NCC(C)CSc1ccccc1OC. The van der Waals surface area contributed by atoms with Crippen molar-refractivity contribution in [3.63, 3.8) is 0 Å². The molecule has 1 rings (SSSR count). The van der Waals surface area contributed by atoms with Crippen molar-refractivity contribution in [3.8, 4) is 5.75 Å². The third-order valence-electron chi connectivity index (χ3n) is 2.85. The molecule has 0 saturated carbocycles. The summed E-state index contributed by atoms with van der Waals surface area (Å²) in [5.41, 5.74) is 0. The van der Waals surface area contributed by atoms with Crippen LogP contribution in [-0.4, -0.2) is 39.0 Å². The van der Waals surface area contributed by atoms with Crippen LogP contribution in [0.3, 0.4) is 0 Å². The van der Waals surface area contributed by atoms with Gasteiger partial charge in [-0.05, 0) is 18.1 Å². The van der Waals surface area contributed by atoms with Crippen molar-refractivity contribution in [1.82, 2.24) is 10.6 Å². The Bertz CT molecular complexity index is 463. The zero-order valence-corrected chi connectivity index (χ0v) is 13.9. The van der Waals surface area contributed by atoms with E-state index in [2.05, 4.69) is 35.2 Å². The summed E-state index contributed by atoms with van der Waals surface area (Å²) in [6.45, 7) is 7.49. The van der Waals surface area contributed by atoms with Gasteiger partial charge in [0, 0.05) is 30.8 Å². The number of hydrogen-bond donors (Lipinski definition) is 2. The molecule has 4 nitrogen and oxygen atoms in total. The van der Waals surface area contributed by atoms with Gasteiger partial charge in [-0.15, -0.1) is 18.3 Å². The molecular weight excluding hydrogens is 282 g/mol. The van der Waals surface area contributed by atoms with Gasteiger partial charge in [0.2, 0.25) is 0 Å². The lowest BCUT2D eigenvalue weighted by atomic mass is 10.2. The lowest BCUT2D eigenvalue weighted by Gasteiger charge is -2.16. The number of aliphatic imine (C=N–C) groups is 1. The first-order valence-electron chi connectivity index (χ1n) is 7.02. The Morgan fingerprint density at radius 3 is 2.86 bits per heavy atom. The van der Waals surface area contributed by atoms with Crippen LogP contribution < -0.4 is 15.4 Å². The normalized spacial score (nSPS) is 12.6. The second-order valence-electron chi connectivity index (χ2n) is 4.69. The summed E-state index contributed by atoms with van der Waals surface area (Å²) in [6, 6.07) is 8.11. The van der Waals surface area contributed by atoms with E-state index in [1.165, 1.54) is 4.90 Å². The molecule has 0 fully saturated rings. The van der Waals surface area contributed by atoms with Crippen molar-refractivity contribution in [2.24, 2.45) is 10.9 Å². The number of guanidine groups is 1. The number of nitrogens with one attached hydrogen (secondary N) is 2. The molecule has 1 aromatic carbocycles. The molecule has 1 aromatic rings. The van der Waals surface area contributed by atoms with Gasteiger partial charge in [0.15, 0.2) is 5.96 Å². The van der Waals surface area contributed by atoms with Gasteiger partial charge < -0.3 is 15.4 Å². The maximum Gasteiger partial charge on any atom is 0.191 e. The van der Waals surface area contributed by atoms with E-state index in [9.17, 15) is 0 Å². The van der Waals surface area contributed by atoms with Crippen molar-refractivity contribution in [2.45, 2.75) is 11.8 Å². The maximum absolute atomic E-state index is 5.36. The smallest absolute Gasteiger partial charge is 0.191 e. The Balaban J connectivity index is 2.36. The molecule has 0 spiro atoms. The van der Waals surface area contributed by atoms with Gasteiger partial charge in [-0.25, -0.2) is 0 Å². The van der Waals surface area contributed by atoms with Crippen LogP contribution in [0.1, 0.15) is 6.92 Å². The molecule has 116 valence electrons. The van der Waals surface area contributed by atoms with Crippen LogP contribution in [0.25, 0.3) is 0 Å². The summed E-state index contributed by atoms with van der Waals surface area (Å²) < 4.78 is 5.36. The third-order valence-corrected chi connectivity index (χ3v) is 4.23. The summed E-state index contributed by atoms with van der Waals surface area (Å²) in [7, 11) is 3.48. The number of hydrogen-bond acceptors (Lipinski definition) is 3. The number of ether oxygens (including phenoxy) is 1. The lowest BCUT2D eigenvalue weighted by molar-refractivity contribution is 0.405. The predicted molar refractivity (Wildman–Crippen MR) is 92.4 cm³/mol. The zero-order valence-electron chi connectivity index (χ0n) is 13.1. The van der Waals surface area contributed by atoms with Crippen molar-refractivity contribution in [1.29, 1.82) is 0 Å². The largest absolute Gasteiger partial charge is 0.496 e.